The molecule has 0 aliphatic carbocycles. The number of hydrogen-bond donors (Lipinski definition) is 0. The summed E-state index contributed by atoms with van der Waals surface area (Å²) in [6.45, 7) is 3.29. The van der Waals surface area contributed by atoms with Crippen molar-refractivity contribution in [2.45, 2.75) is 13.3 Å². The first kappa shape index (κ1) is 12.7. The van der Waals surface area contributed by atoms with Crippen molar-refractivity contribution in [1.29, 1.82) is 0 Å². The Labute approximate surface area is 118 Å². The van der Waals surface area contributed by atoms with Crippen LogP contribution in [0.15, 0.2) is 36.4 Å². The van der Waals surface area contributed by atoms with Crippen LogP contribution in [0.25, 0.3) is 11.1 Å². The van der Waals surface area contributed by atoms with Crippen molar-refractivity contribution in [3.05, 3.63) is 47.5 Å². The first-order valence-corrected chi connectivity index (χ1v) is 6.74. The van der Waals surface area contributed by atoms with Crippen molar-refractivity contribution in [1.82, 2.24) is 0 Å². The second kappa shape index (κ2) is 5.37. The molecule has 20 heavy (non-hydrogen) atoms. The van der Waals surface area contributed by atoms with E-state index in [1.54, 1.807) is 6.07 Å². The van der Waals surface area contributed by atoms with E-state index in [0.717, 1.165) is 35.1 Å². The lowest BCUT2D eigenvalue weighted by atomic mass is 9.97. The van der Waals surface area contributed by atoms with Gasteiger partial charge in [-0.3, -0.25) is 4.79 Å². The monoisotopic (exact) mass is 268 g/mol. The molecule has 3 heteroatoms. The van der Waals surface area contributed by atoms with Crippen LogP contribution >= 0.6 is 0 Å². The molecule has 0 amide bonds. The number of aldehydes is 1. The Bertz CT molecular complexity index is 647. The molecule has 0 saturated carbocycles. The molecule has 1 aliphatic heterocycles. The van der Waals surface area contributed by atoms with Crippen LogP contribution in [0.4, 0.5) is 0 Å². The highest BCUT2D eigenvalue weighted by Crippen LogP contribution is 2.41. The van der Waals surface area contributed by atoms with E-state index >= 15 is 0 Å². The molecule has 0 fully saturated rings. The van der Waals surface area contributed by atoms with E-state index in [9.17, 15) is 4.79 Å². The van der Waals surface area contributed by atoms with Crippen LogP contribution in [0, 0.1) is 6.92 Å². The van der Waals surface area contributed by atoms with E-state index in [4.69, 9.17) is 9.47 Å². The lowest BCUT2D eigenvalue weighted by molar-refractivity contribution is 0.112. The Hall–Kier alpha value is -2.29. The summed E-state index contributed by atoms with van der Waals surface area (Å²) in [7, 11) is 0. The van der Waals surface area contributed by atoms with E-state index in [0.29, 0.717) is 24.5 Å². The summed E-state index contributed by atoms with van der Waals surface area (Å²) in [5.74, 6) is 1.40. The van der Waals surface area contributed by atoms with Gasteiger partial charge in [0.15, 0.2) is 11.5 Å². The number of rotatable bonds is 2. The number of ether oxygens (including phenoxy) is 2. The Morgan fingerprint density at radius 3 is 2.65 bits per heavy atom. The molecule has 1 heterocycles. The Morgan fingerprint density at radius 2 is 1.85 bits per heavy atom. The smallest absolute Gasteiger partial charge is 0.169 e. The first-order valence-electron chi connectivity index (χ1n) is 6.74. The van der Waals surface area contributed by atoms with Crippen molar-refractivity contribution in [2.24, 2.45) is 0 Å². The minimum absolute atomic E-state index is 0.604. The number of aryl methyl sites for hydroxylation is 1. The highest BCUT2D eigenvalue weighted by molar-refractivity contribution is 5.85. The lowest BCUT2D eigenvalue weighted by Crippen LogP contribution is -1.98. The van der Waals surface area contributed by atoms with Gasteiger partial charge in [0.05, 0.1) is 13.2 Å². The third-order valence-corrected chi connectivity index (χ3v) is 3.44. The molecule has 1 aliphatic rings. The zero-order valence-corrected chi connectivity index (χ0v) is 11.4. The summed E-state index contributed by atoms with van der Waals surface area (Å²) >= 11 is 0. The second-order valence-electron chi connectivity index (χ2n) is 4.88. The summed E-state index contributed by atoms with van der Waals surface area (Å²) in [6, 6.07) is 11.7. The van der Waals surface area contributed by atoms with Gasteiger partial charge in [0.2, 0.25) is 0 Å². The fraction of sp³-hybridized carbons (Fsp3) is 0.235. The van der Waals surface area contributed by atoms with Crippen molar-refractivity contribution < 1.29 is 14.3 Å². The average Bonchev–Trinajstić information content (AvgIpc) is 2.72. The second-order valence-corrected chi connectivity index (χ2v) is 4.88. The van der Waals surface area contributed by atoms with Gasteiger partial charge in [-0.05, 0) is 30.2 Å². The predicted molar refractivity (Wildman–Crippen MR) is 77.6 cm³/mol. The summed E-state index contributed by atoms with van der Waals surface area (Å²) in [6.07, 6.45) is 1.69. The maximum absolute atomic E-state index is 11.2. The van der Waals surface area contributed by atoms with Gasteiger partial charge in [-0.25, -0.2) is 0 Å². The minimum Gasteiger partial charge on any atom is -0.490 e. The van der Waals surface area contributed by atoms with Crippen LogP contribution in [0.5, 0.6) is 11.5 Å². The van der Waals surface area contributed by atoms with Crippen molar-refractivity contribution in [3.63, 3.8) is 0 Å². The Balaban J connectivity index is 2.23. The first-order chi connectivity index (χ1) is 9.79. The molecule has 0 aromatic heterocycles. The molecule has 0 unspecified atom stereocenters. The van der Waals surface area contributed by atoms with Gasteiger partial charge in [0.1, 0.15) is 6.29 Å². The maximum Gasteiger partial charge on any atom is 0.169 e. The van der Waals surface area contributed by atoms with Gasteiger partial charge in [-0.1, -0.05) is 24.3 Å². The molecular formula is C17H16O3. The topological polar surface area (TPSA) is 35.5 Å². The summed E-state index contributed by atoms with van der Waals surface area (Å²) in [4.78, 5) is 11.2. The highest BCUT2D eigenvalue weighted by Gasteiger charge is 2.18. The average molecular weight is 268 g/mol. The molecule has 0 bridgehead atoms. The van der Waals surface area contributed by atoms with Crippen LogP contribution in [-0.2, 0) is 0 Å². The number of carbonyl (C=O) groups excluding carboxylic acids is 1. The highest BCUT2D eigenvalue weighted by atomic mass is 16.5. The molecule has 2 aromatic carbocycles. The Kier molecular flexibility index (Phi) is 3.42. The fourth-order valence-electron chi connectivity index (χ4n) is 2.44. The zero-order chi connectivity index (χ0) is 13.9. The number of benzene rings is 2. The molecule has 102 valence electrons. The SMILES string of the molecule is Cc1ccccc1-c1cc(C=O)cc2c1OCCCO2. The van der Waals surface area contributed by atoms with Gasteiger partial charge in [0, 0.05) is 17.5 Å². The number of hydrogen-bond acceptors (Lipinski definition) is 3. The molecule has 0 spiro atoms. The van der Waals surface area contributed by atoms with Crippen LogP contribution in [0.3, 0.4) is 0 Å². The fourth-order valence-corrected chi connectivity index (χ4v) is 2.44. The molecule has 2 aromatic rings. The summed E-state index contributed by atoms with van der Waals surface area (Å²) in [5.41, 5.74) is 3.74. The molecule has 0 atom stereocenters. The van der Waals surface area contributed by atoms with E-state index < -0.39 is 0 Å². The Morgan fingerprint density at radius 1 is 1.05 bits per heavy atom. The quantitative estimate of drug-likeness (QED) is 0.780. The van der Waals surface area contributed by atoms with Crippen molar-refractivity contribution in [2.75, 3.05) is 13.2 Å². The number of fused-ring (bicyclic) bond motifs is 1. The zero-order valence-electron chi connectivity index (χ0n) is 11.4. The normalized spacial score (nSPS) is 13.7. The molecule has 3 nitrogen and oxygen atoms in total. The predicted octanol–water partition coefficient (Wildman–Crippen LogP) is 3.64. The van der Waals surface area contributed by atoms with Gasteiger partial charge in [0.25, 0.3) is 0 Å². The van der Waals surface area contributed by atoms with E-state index in [1.165, 1.54) is 0 Å². The van der Waals surface area contributed by atoms with Crippen molar-refractivity contribution >= 4 is 6.29 Å². The molecule has 0 N–H and O–H groups in total. The van der Waals surface area contributed by atoms with Crippen LogP contribution < -0.4 is 9.47 Å². The van der Waals surface area contributed by atoms with Crippen LogP contribution in [0.1, 0.15) is 22.3 Å². The van der Waals surface area contributed by atoms with Crippen molar-refractivity contribution in [3.8, 4) is 22.6 Å². The third kappa shape index (κ3) is 2.27. The summed E-state index contributed by atoms with van der Waals surface area (Å²) < 4.78 is 11.6. The lowest BCUT2D eigenvalue weighted by Gasteiger charge is -2.15. The molecular weight excluding hydrogens is 252 g/mol. The van der Waals surface area contributed by atoms with Crippen LogP contribution in [-0.4, -0.2) is 19.5 Å². The maximum atomic E-state index is 11.2. The number of carbonyl (C=O) groups is 1. The standard InChI is InChI=1S/C17H16O3/c1-12-5-2-3-6-14(12)15-9-13(11-18)10-16-17(15)20-8-4-7-19-16/h2-3,5-6,9-11H,4,7-8H2,1H3. The minimum atomic E-state index is 0.604. The molecule has 0 saturated heterocycles. The van der Waals surface area contributed by atoms with E-state index in [-0.39, 0.29) is 0 Å². The largest absolute Gasteiger partial charge is 0.490 e. The van der Waals surface area contributed by atoms with E-state index in [2.05, 4.69) is 0 Å². The van der Waals surface area contributed by atoms with Crippen LogP contribution in [0.2, 0.25) is 0 Å². The van der Waals surface area contributed by atoms with E-state index in [1.807, 2.05) is 37.3 Å². The summed E-state index contributed by atoms with van der Waals surface area (Å²) in [5, 5.41) is 0. The van der Waals surface area contributed by atoms with Gasteiger partial charge >= 0.3 is 0 Å². The molecule has 3 rings (SSSR count). The van der Waals surface area contributed by atoms with Gasteiger partial charge in [-0.2, -0.15) is 0 Å². The van der Waals surface area contributed by atoms with Gasteiger partial charge < -0.3 is 9.47 Å². The van der Waals surface area contributed by atoms with Gasteiger partial charge in [-0.15, -0.1) is 0 Å². The third-order valence-electron chi connectivity index (χ3n) is 3.44. The molecule has 0 radical (unpaired) electrons.